The fourth-order valence-electron chi connectivity index (χ4n) is 2.81. The minimum Gasteiger partial charge on any atom is -0.338 e. The van der Waals surface area contributed by atoms with Crippen molar-refractivity contribution in [3.63, 3.8) is 0 Å². The Labute approximate surface area is 170 Å². The standard InChI is InChI=1S/C20H20N4O2S2/c1-3-4-10-24-19(25)17-15(9-11-27-17)21-20(24)28-12-16-22-18(23-26-16)14-7-5-13(2)6-8-14/h5-9,11H,3-4,10,12H2,1-2H3. The highest BCUT2D eigenvalue weighted by atomic mass is 32.2. The van der Waals surface area contributed by atoms with Crippen molar-refractivity contribution in [1.29, 1.82) is 0 Å². The van der Waals surface area contributed by atoms with Crippen molar-refractivity contribution in [2.75, 3.05) is 0 Å². The van der Waals surface area contributed by atoms with E-state index in [1.165, 1.54) is 28.7 Å². The number of fused-ring (bicyclic) bond motifs is 1. The molecule has 3 heterocycles. The second-order valence-corrected chi connectivity index (χ2v) is 8.36. The van der Waals surface area contributed by atoms with Gasteiger partial charge in [0.25, 0.3) is 5.56 Å². The highest BCUT2D eigenvalue weighted by molar-refractivity contribution is 7.98. The number of rotatable bonds is 7. The van der Waals surface area contributed by atoms with Crippen molar-refractivity contribution in [2.45, 2.75) is 44.1 Å². The molecule has 0 aliphatic carbocycles. The molecule has 0 aliphatic rings. The van der Waals surface area contributed by atoms with Crippen LogP contribution in [0.2, 0.25) is 0 Å². The Morgan fingerprint density at radius 1 is 1.18 bits per heavy atom. The second kappa shape index (κ2) is 8.28. The molecule has 0 spiro atoms. The lowest BCUT2D eigenvalue weighted by atomic mass is 10.1. The SMILES string of the molecule is CCCCn1c(SCc2nc(-c3ccc(C)cc3)no2)nc2ccsc2c1=O. The van der Waals surface area contributed by atoms with Crippen LogP contribution in [0, 0.1) is 6.92 Å². The molecule has 0 aliphatic heterocycles. The molecular weight excluding hydrogens is 392 g/mol. The van der Waals surface area contributed by atoms with E-state index in [-0.39, 0.29) is 5.56 Å². The van der Waals surface area contributed by atoms with Crippen molar-refractivity contribution in [1.82, 2.24) is 19.7 Å². The van der Waals surface area contributed by atoms with Gasteiger partial charge in [0.1, 0.15) is 4.70 Å². The number of thiophene rings is 1. The number of aromatic nitrogens is 4. The van der Waals surface area contributed by atoms with Gasteiger partial charge in [-0.1, -0.05) is 60.1 Å². The Morgan fingerprint density at radius 3 is 2.79 bits per heavy atom. The summed E-state index contributed by atoms with van der Waals surface area (Å²) in [6.45, 7) is 4.81. The number of thioether (sulfide) groups is 1. The van der Waals surface area contributed by atoms with E-state index in [0.717, 1.165) is 23.9 Å². The molecule has 0 N–H and O–H groups in total. The number of nitrogens with zero attached hydrogens (tertiary/aromatic N) is 4. The zero-order valence-corrected chi connectivity index (χ0v) is 17.3. The molecule has 4 aromatic rings. The number of aryl methyl sites for hydroxylation is 1. The van der Waals surface area contributed by atoms with Gasteiger partial charge in [-0.15, -0.1) is 11.3 Å². The number of hydrogen-bond donors (Lipinski definition) is 0. The molecule has 28 heavy (non-hydrogen) atoms. The van der Waals surface area contributed by atoms with Crippen molar-refractivity contribution in [2.24, 2.45) is 0 Å². The van der Waals surface area contributed by atoms with Crippen LogP contribution < -0.4 is 5.56 Å². The van der Waals surface area contributed by atoms with E-state index in [0.29, 0.717) is 33.9 Å². The van der Waals surface area contributed by atoms with Crippen LogP contribution in [0.3, 0.4) is 0 Å². The van der Waals surface area contributed by atoms with Crippen LogP contribution in [-0.2, 0) is 12.3 Å². The lowest BCUT2D eigenvalue weighted by Gasteiger charge is -2.10. The summed E-state index contributed by atoms with van der Waals surface area (Å²) in [5, 5.41) is 6.67. The van der Waals surface area contributed by atoms with Gasteiger partial charge in [-0.05, 0) is 24.8 Å². The van der Waals surface area contributed by atoms with E-state index in [4.69, 9.17) is 4.52 Å². The van der Waals surface area contributed by atoms with Gasteiger partial charge in [-0.2, -0.15) is 4.98 Å². The predicted octanol–water partition coefficient (Wildman–Crippen LogP) is 4.91. The van der Waals surface area contributed by atoms with Crippen LogP contribution in [0.25, 0.3) is 21.6 Å². The van der Waals surface area contributed by atoms with Crippen LogP contribution in [0.1, 0.15) is 31.2 Å². The summed E-state index contributed by atoms with van der Waals surface area (Å²) in [6, 6.07) is 9.88. The summed E-state index contributed by atoms with van der Waals surface area (Å²) >= 11 is 2.89. The first kappa shape index (κ1) is 18.9. The zero-order chi connectivity index (χ0) is 19.5. The topological polar surface area (TPSA) is 73.8 Å². The highest BCUT2D eigenvalue weighted by Crippen LogP contribution is 2.25. The van der Waals surface area contributed by atoms with Gasteiger partial charge in [0.15, 0.2) is 5.16 Å². The van der Waals surface area contributed by atoms with Gasteiger partial charge < -0.3 is 4.52 Å². The first-order valence-electron chi connectivity index (χ1n) is 9.16. The monoisotopic (exact) mass is 412 g/mol. The normalized spacial score (nSPS) is 11.4. The average Bonchev–Trinajstić information content (AvgIpc) is 3.36. The molecule has 6 nitrogen and oxygen atoms in total. The van der Waals surface area contributed by atoms with Crippen LogP contribution in [0.15, 0.2) is 50.2 Å². The summed E-state index contributed by atoms with van der Waals surface area (Å²) in [5.74, 6) is 1.55. The van der Waals surface area contributed by atoms with Gasteiger partial charge in [-0.25, -0.2) is 4.98 Å². The Morgan fingerprint density at radius 2 is 2.00 bits per heavy atom. The third-order valence-corrected chi connectivity index (χ3v) is 6.22. The molecule has 4 rings (SSSR count). The number of unbranched alkanes of at least 4 members (excludes halogenated alkanes) is 1. The van der Waals surface area contributed by atoms with E-state index >= 15 is 0 Å². The molecule has 0 fully saturated rings. The summed E-state index contributed by atoms with van der Waals surface area (Å²) < 4.78 is 7.88. The third-order valence-electron chi connectivity index (χ3n) is 4.37. The smallest absolute Gasteiger partial charge is 0.272 e. The fraction of sp³-hybridized carbons (Fsp3) is 0.300. The van der Waals surface area contributed by atoms with E-state index < -0.39 is 0 Å². The molecule has 0 radical (unpaired) electrons. The predicted molar refractivity (Wildman–Crippen MR) is 113 cm³/mol. The molecule has 0 unspecified atom stereocenters. The maximum atomic E-state index is 12.8. The molecule has 144 valence electrons. The summed E-state index contributed by atoms with van der Waals surface area (Å²) in [7, 11) is 0. The molecule has 0 saturated carbocycles. The van der Waals surface area contributed by atoms with Crippen LogP contribution >= 0.6 is 23.1 Å². The lowest BCUT2D eigenvalue weighted by molar-refractivity contribution is 0.391. The summed E-state index contributed by atoms with van der Waals surface area (Å²) in [6.07, 6.45) is 1.95. The largest absolute Gasteiger partial charge is 0.338 e. The van der Waals surface area contributed by atoms with Crippen molar-refractivity contribution in [3.8, 4) is 11.4 Å². The van der Waals surface area contributed by atoms with E-state index in [1.807, 2.05) is 42.6 Å². The Hall–Kier alpha value is -2.45. The quantitative estimate of drug-likeness (QED) is 0.317. The number of hydrogen-bond acceptors (Lipinski definition) is 7. The minimum absolute atomic E-state index is 0.0295. The Bertz CT molecular complexity index is 1150. The Kier molecular flexibility index (Phi) is 5.59. The van der Waals surface area contributed by atoms with Gasteiger partial charge in [0.2, 0.25) is 11.7 Å². The molecule has 0 saturated heterocycles. The van der Waals surface area contributed by atoms with Crippen molar-refractivity contribution >= 4 is 33.3 Å². The van der Waals surface area contributed by atoms with E-state index in [1.54, 1.807) is 4.57 Å². The molecule has 0 atom stereocenters. The van der Waals surface area contributed by atoms with Crippen LogP contribution in [0.4, 0.5) is 0 Å². The molecule has 3 aromatic heterocycles. The van der Waals surface area contributed by atoms with Crippen molar-refractivity contribution < 1.29 is 4.52 Å². The highest BCUT2D eigenvalue weighted by Gasteiger charge is 2.15. The van der Waals surface area contributed by atoms with E-state index in [9.17, 15) is 4.79 Å². The average molecular weight is 413 g/mol. The van der Waals surface area contributed by atoms with Gasteiger partial charge in [0.05, 0.1) is 11.3 Å². The third kappa shape index (κ3) is 3.88. The summed E-state index contributed by atoms with van der Waals surface area (Å²) in [5.41, 5.74) is 2.88. The first-order chi connectivity index (χ1) is 13.7. The molecule has 0 amide bonds. The van der Waals surface area contributed by atoms with E-state index in [2.05, 4.69) is 22.0 Å². The Balaban J connectivity index is 1.57. The number of benzene rings is 1. The van der Waals surface area contributed by atoms with Gasteiger partial charge in [0, 0.05) is 12.1 Å². The van der Waals surface area contributed by atoms with Gasteiger partial charge >= 0.3 is 0 Å². The zero-order valence-electron chi connectivity index (χ0n) is 15.7. The second-order valence-electron chi connectivity index (χ2n) is 6.51. The summed E-state index contributed by atoms with van der Waals surface area (Å²) in [4.78, 5) is 22.0. The van der Waals surface area contributed by atoms with Gasteiger partial charge in [-0.3, -0.25) is 9.36 Å². The molecule has 1 aromatic carbocycles. The fourth-order valence-corrected chi connectivity index (χ4v) is 4.45. The molecular formula is C20H20N4O2S2. The maximum absolute atomic E-state index is 12.8. The van der Waals surface area contributed by atoms with Crippen LogP contribution in [-0.4, -0.2) is 19.7 Å². The lowest BCUT2D eigenvalue weighted by Crippen LogP contribution is -2.22. The van der Waals surface area contributed by atoms with Crippen LogP contribution in [0.5, 0.6) is 0 Å². The minimum atomic E-state index is 0.0295. The maximum Gasteiger partial charge on any atom is 0.272 e. The molecule has 0 bridgehead atoms. The first-order valence-corrected chi connectivity index (χ1v) is 11.0. The molecule has 8 heteroatoms. The van der Waals surface area contributed by atoms with Crippen molar-refractivity contribution in [3.05, 3.63) is 57.5 Å².